The van der Waals surface area contributed by atoms with Crippen LogP contribution in [0, 0.1) is 6.92 Å². The number of hydrogen-bond acceptors (Lipinski definition) is 4. The second kappa shape index (κ2) is 7.60. The maximum atomic E-state index is 12.4. The first-order chi connectivity index (χ1) is 12.0. The maximum Gasteiger partial charge on any atom is 0.387 e. The monoisotopic (exact) mass is 351 g/mol. The second-order valence-electron chi connectivity index (χ2n) is 5.84. The average Bonchev–Trinajstić information content (AvgIpc) is 2.99. The van der Waals surface area contributed by atoms with Crippen LogP contribution in [0.15, 0.2) is 30.5 Å². The SMILES string of the molecule is Cc1cn(C2CCOCC2)nc1C(=O)Nc1ccc(OC(F)F)cc1. The van der Waals surface area contributed by atoms with Crippen molar-refractivity contribution in [2.24, 2.45) is 0 Å². The molecule has 1 aliphatic rings. The summed E-state index contributed by atoms with van der Waals surface area (Å²) in [6.45, 7) is 0.338. The predicted octanol–water partition coefficient (Wildman–Crippen LogP) is 3.40. The Hall–Kier alpha value is -2.48. The zero-order valence-electron chi connectivity index (χ0n) is 13.7. The highest BCUT2D eigenvalue weighted by Crippen LogP contribution is 2.22. The van der Waals surface area contributed by atoms with Gasteiger partial charge in [0.2, 0.25) is 0 Å². The Bertz CT molecular complexity index is 725. The number of ether oxygens (including phenoxy) is 2. The fourth-order valence-electron chi connectivity index (χ4n) is 2.75. The predicted molar refractivity (Wildman–Crippen MR) is 87.1 cm³/mol. The molecule has 134 valence electrons. The van der Waals surface area contributed by atoms with E-state index < -0.39 is 6.61 Å². The number of halogens is 2. The topological polar surface area (TPSA) is 65.4 Å². The third kappa shape index (κ3) is 4.33. The number of nitrogens with one attached hydrogen (secondary N) is 1. The molecule has 0 atom stereocenters. The van der Waals surface area contributed by atoms with E-state index in [1.54, 1.807) is 0 Å². The van der Waals surface area contributed by atoms with E-state index >= 15 is 0 Å². The molecule has 1 amide bonds. The molecule has 25 heavy (non-hydrogen) atoms. The Balaban J connectivity index is 1.67. The van der Waals surface area contributed by atoms with E-state index in [0.717, 1.165) is 18.4 Å². The molecule has 6 nitrogen and oxygen atoms in total. The lowest BCUT2D eigenvalue weighted by molar-refractivity contribution is -0.0498. The van der Waals surface area contributed by atoms with Crippen molar-refractivity contribution in [2.45, 2.75) is 32.4 Å². The summed E-state index contributed by atoms with van der Waals surface area (Å²) in [6.07, 6.45) is 3.60. The molecule has 2 aromatic rings. The molecule has 1 saturated heterocycles. The van der Waals surface area contributed by atoms with Crippen LogP contribution in [0.3, 0.4) is 0 Å². The van der Waals surface area contributed by atoms with Gasteiger partial charge in [-0.05, 0) is 44.0 Å². The van der Waals surface area contributed by atoms with Gasteiger partial charge in [-0.1, -0.05) is 0 Å². The van der Waals surface area contributed by atoms with E-state index in [-0.39, 0.29) is 17.7 Å². The number of carbonyl (C=O) groups is 1. The highest BCUT2D eigenvalue weighted by atomic mass is 19.3. The van der Waals surface area contributed by atoms with Crippen LogP contribution >= 0.6 is 0 Å². The molecule has 0 saturated carbocycles. The molecule has 1 aromatic carbocycles. The molecule has 1 aromatic heterocycles. The number of benzene rings is 1. The van der Waals surface area contributed by atoms with Crippen molar-refractivity contribution in [2.75, 3.05) is 18.5 Å². The molecule has 0 spiro atoms. The van der Waals surface area contributed by atoms with Crippen molar-refractivity contribution in [3.05, 3.63) is 41.7 Å². The highest BCUT2D eigenvalue weighted by Gasteiger charge is 2.20. The molecule has 1 fully saturated rings. The minimum Gasteiger partial charge on any atom is -0.435 e. The Morgan fingerprint density at radius 1 is 1.32 bits per heavy atom. The number of hydrogen-bond donors (Lipinski definition) is 1. The van der Waals surface area contributed by atoms with E-state index in [0.29, 0.717) is 24.6 Å². The average molecular weight is 351 g/mol. The molecule has 2 heterocycles. The van der Waals surface area contributed by atoms with Crippen LogP contribution in [0.25, 0.3) is 0 Å². The van der Waals surface area contributed by atoms with E-state index in [4.69, 9.17) is 4.74 Å². The molecule has 0 radical (unpaired) electrons. The number of alkyl halides is 2. The van der Waals surface area contributed by atoms with Crippen molar-refractivity contribution in [3.8, 4) is 5.75 Å². The second-order valence-corrected chi connectivity index (χ2v) is 5.84. The molecule has 0 aliphatic carbocycles. The van der Waals surface area contributed by atoms with Gasteiger partial charge in [-0.25, -0.2) is 0 Å². The molecule has 3 rings (SSSR count). The van der Waals surface area contributed by atoms with E-state index in [9.17, 15) is 13.6 Å². The lowest BCUT2D eigenvalue weighted by atomic mass is 10.1. The van der Waals surface area contributed by atoms with Crippen LogP contribution in [0.4, 0.5) is 14.5 Å². The zero-order valence-corrected chi connectivity index (χ0v) is 13.7. The van der Waals surface area contributed by atoms with Crippen molar-refractivity contribution in [1.29, 1.82) is 0 Å². The van der Waals surface area contributed by atoms with Gasteiger partial charge in [0.15, 0.2) is 5.69 Å². The summed E-state index contributed by atoms with van der Waals surface area (Å²) < 4.78 is 35.7. The third-order valence-electron chi connectivity index (χ3n) is 4.03. The lowest BCUT2D eigenvalue weighted by Gasteiger charge is -2.22. The minimum absolute atomic E-state index is 0.0352. The first-order valence-electron chi connectivity index (χ1n) is 8.02. The molecule has 8 heteroatoms. The van der Waals surface area contributed by atoms with E-state index in [1.165, 1.54) is 24.3 Å². The largest absolute Gasteiger partial charge is 0.435 e. The number of nitrogens with zero attached hydrogens (tertiary/aromatic N) is 2. The Kier molecular flexibility index (Phi) is 5.28. The summed E-state index contributed by atoms with van der Waals surface area (Å²) in [6, 6.07) is 5.98. The van der Waals surface area contributed by atoms with Crippen molar-refractivity contribution < 1.29 is 23.0 Å². The van der Waals surface area contributed by atoms with Gasteiger partial charge in [0.1, 0.15) is 5.75 Å². The molecule has 1 aliphatic heterocycles. The number of aromatic nitrogens is 2. The molecule has 0 unspecified atom stereocenters. The van der Waals surface area contributed by atoms with Crippen molar-refractivity contribution >= 4 is 11.6 Å². The number of carbonyl (C=O) groups excluding carboxylic acids is 1. The summed E-state index contributed by atoms with van der Waals surface area (Å²) in [5.74, 6) is -0.307. The fourth-order valence-corrected chi connectivity index (χ4v) is 2.75. The molecular weight excluding hydrogens is 332 g/mol. The quantitative estimate of drug-likeness (QED) is 0.897. The van der Waals surface area contributed by atoms with Gasteiger partial charge in [0, 0.05) is 30.7 Å². The van der Waals surface area contributed by atoms with Crippen LogP contribution in [-0.2, 0) is 4.74 Å². The van der Waals surface area contributed by atoms with Crippen molar-refractivity contribution in [3.63, 3.8) is 0 Å². The van der Waals surface area contributed by atoms with Crippen LogP contribution in [0.5, 0.6) is 5.75 Å². The lowest BCUT2D eigenvalue weighted by Crippen LogP contribution is -2.21. The summed E-state index contributed by atoms with van der Waals surface area (Å²) in [7, 11) is 0. The standard InChI is InChI=1S/C17H19F2N3O3/c1-11-10-22(13-6-8-24-9-7-13)21-15(11)16(23)20-12-2-4-14(5-3-12)25-17(18)19/h2-5,10,13,17H,6-9H2,1H3,(H,20,23). The van der Waals surface area contributed by atoms with Gasteiger partial charge in [0.05, 0.1) is 6.04 Å². The Morgan fingerprint density at radius 3 is 2.64 bits per heavy atom. The third-order valence-corrected chi connectivity index (χ3v) is 4.03. The normalized spacial score (nSPS) is 15.4. The number of anilines is 1. The number of amides is 1. The van der Waals surface area contributed by atoms with Gasteiger partial charge in [-0.15, -0.1) is 0 Å². The first kappa shape index (κ1) is 17.3. The van der Waals surface area contributed by atoms with Gasteiger partial charge < -0.3 is 14.8 Å². The van der Waals surface area contributed by atoms with Gasteiger partial charge in [-0.2, -0.15) is 13.9 Å². The smallest absolute Gasteiger partial charge is 0.387 e. The number of rotatable bonds is 5. The molecule has 1 N–H and O–H groups in total. The fraction of sp³-hybridized carbons (Fsp3) is 0.412. The van der Waals surface area contributed by atoms with E-state index in [2.05, 4.69) is 15.2 Å². The van der Waals surface area contributed by atoms with E-state index in [1.807, 2.05) is 17.8 Å². The maximum absolute atomic E-state index is 12.4. The zero-order chi connectivity index (χ0) is 17.8. The highest BCUT2D eigenvalue weighted by molar-refractivity contribution is 6.03. The first-order valence-corrected chi connectivity index (χ1v) is 8.02. The Morgan fingerprint density at radius 2 is 2.00 bits per heavy atom. The minimum atomic E-state index is -2.88. The van der Waals surface area contributed by atoms with Crippen molar-refractivity contribution in [1.82, 2.24) is 9.78 Å². The summed E-state index contributed by atoms with van der Waals surface area (Å²) >= 11 is 0. The van der Waals surface area contributed by atoms with Crippen LogP contribution in [0.2, 0.25) is 0 Å². The summed E-state index contributed by atoms with van der Waals surface area (Å²) in [5, 5.41) is 7.12. The van der Waals surface area contributed by atoms with Gasteiger partial charge in [0.25, 0.3) is 5.91 Å². The van der Waals surface area contributed by atoms with Gasteiger partial charge in [-0.3, -0.25) is 9.48 Å². The summed E-state index contributed by atoms with van der Waals surface area (Å²) in [5.41, 5.74) is 1.60. The van der Waals surface area contributed by atoms with Crippen LogP contribution in [0.1, 0.15) is 34.9 Å². The van der Waals surface area contributed by atoms with Crippen LogP contribution < -0.4 is 10.1 Å². The number of aryl methyl sites for hydroxylation is 1. The van der Waals surface area contributed by atoms with Gasteiger partial charge >= 0.3 is 6.61 Å². The Labute approximate surface area is 143 Å². The molecule has 0 bridgehead atoms. The van der Waals surface area contributed by atoms with Crippen LogP contribution in [-0.4, -0.2) is 35.5 Å². The molecular formula is C17H19F2N3O3. The summed E-state index contributed by atoms with van der Waals surface area (Å²) in [4.78, 5) is 12.4.